The molecule has 0 aliphatic carbocycles. The van der Waals surface area contributed by atoms with Crippen LogP contribution in [0.4, 0.5) is 0 Å². The Morgan fingerprint density at radius 1 is 1.39 bits per heavy atom. The lowest BCUT2D eigenvalue weighted by Crippen LogP contribution is -2.36. The highest BCUT2D eigenvalue weighted by Gasteiger charge is 2.29. The van der Waals surface area contributed by atoms with E-state index in [1.54, 1.807) is 0 Å². The van der Waals surface area contributed by atoms with Crippen LogP contribution in [0.25, 0.3) is 0 Å². The Morgan fingerprint density at radius 2 is 2.21 bits per heavy atom. The number of carbonyl (C=O) groups excluding carboxylic acids is 2. The standard InChI is InChI=1S/C20H34N2O6/c1-15(2)16-13-17(28-19(14-16)27-12-11-26-10-9-23)20(25)21-6-4-8-22-7-3-5-18(22)24/h13,15-16,19,23H,3-12,14H2,1-2H3,(H,21,25)/t16-,19+/m1/s1. The van der Waals surface area contributed by atoms with Gasteiger partial charge < -0.3 is 29.5 Å². The number of rotatable bonds is 12. The van der Waals surface area contributed by atoms with Gasteiger partial charge in [-0.05, 0) is 30.8 Å². The average Bonchev–Trinajstić information content (AvgIpc) is 3.09. The molecule has 2 amide bonds. The molecule has 2 N–H and O–H groups in total. The first-order valence-electron chi connectivity index (χ1n) is 10.3. The second-order valence-electron chi connectivity index (χ2n) is 7.52. The first-order valence-corrected chi connectivity index (χ1v) is 10.3. The Balaban J connectivity index is 1.76. The molecule has 160 valence electrons. The minimum absolute atomic E-state index is 0.0195. The van der Waals surface area contributed by atoms with Crippen LogP contribution in [0.15, 0.2) is 11.8 Å². The molecule has 0 aromatic heterocycles. The van der Waals surface area contributed by atoms with E-state index in [2.05, 4.69) is 19.2 Å². The molecule has 2 rings (SSSR count). The summed E-state index contributed by atoms with van der Waals surface area (Å²) in [5.74, 6) is 0.809. The van der Waals surface area contributed by atoms with Crippen LogP contribution in [0.3, 0.4) is 0 Å². The molecule has 8 heteroatoms. The van der Waals surface area contributed by atoms with Gasteiger partial charge in [-0.15, -0.1) is 0 Å². The van der Waals surface area contributed by atoms with Crippen molar-refractivity contribution in [1.82, 2.24) is 10.2 Å². The van der Waals surface area contributed by atoms with Gasteiger partial charge in [0.25, 0.3) is 5.91 Å². The number of hydrogen-bond acceptors (Lipinski definition) is 6. The molecule has 2 aliphatic heterocycles. The lowest BCUT2D eigenvalue weighted by atomic mass is 9.90. The number of likely N-dealkylation sites (tertiary alicyclic amines) is 1. The Labute approximate surface area is 167 Å². The van der Waals surface area contributed by atoms with Gasteiger partial charge in [0.2, 0.25) is 12.2 Å². The Kier molecular flexibility index (Phi) is 9.73. The molecule has 0 radical (unpaired) electrons. The fourth-order valence-corrected chi connectivity index (χ4v) is 3.31. The van der Waals surface area contributed by atoms with E-state index < -0.39 is 6.29 Å². The predicted octanol–water partition coefficient (Wildman–Crippen LogP) is 1.04. The lowest BCUT2D eigenvalue weighted by Gasteiger charge is -2.30. The van der Waals surface area contributed by atoms with Gasteiger partial charge in [-0.25, -0.2) is 0 Å². The van der Waals surface area contributed by atoms with Crippen LogP contribution in [0, 0.1) is 11.8 Å². The van der Waals surface area contributed by atoms with Crippen molar-refractivity contribution in [3.63, 3.8) is 0 Å². The van der Waals surface area contributed by atoms with E-state index in [0.29, 0.717) is 50.8 Å². The Hall–Kier alpha value is -1.64. The van der Waals surface area contributed by atoms with Crippen molar-refractivity contribution >= 4 is 11.8 Å². The molecule has 0 aromatic rings. The SMILES string of the molecule is CC(C)[C@@H]1C=C(C(=O)NCCCN2CCCC2=O)O[C@H](OCCOCCO)C1. The van der Waals surface area contributed by atoms with Crippen molar-refractivity contribution in [1.29, 1.82) is 0 Å². The van der Waals surface area contributed by atoms with Crippen molar-refractivity contribution in [2.45, 2.75) is 45.8 Å². The highest BCUT2D eigenvalue weighted by molar-refractivity contribution is 5.91. The fraction of sp³-hybridized carbons (Fsp3) is 0.800. The van der Waals surface area contributed by atoms with E-state index in [-0.39, 0.29) is 30.9 Å². The van der Waals surface area contributed by atoms with Gasteiger partial charge in [-0.2, -0.15) is 0 Å². The molecule has 1 fully saturated rings. The third-order valence-corrected chi connectivity index (χ3v) is 5.00. The zero-order valence-corrected chi connectivity index (χ0v) is 17.0. The number of amides is 2. The first-order chi connectivity index (χ1) is 13.5. The molecule has 2 aliphatic rings. The topological polar surface area (TPSA) is 97.3 Å². The van der Waals surface area contributed by atoms with Crippen LogP contribution < -0.4 is 5.32 Å². The molecule has 0 bridgehead atoms. The van der Waals surface area contributed by atoms with Crippen molar-refractivity contribution < 1.29 is 28.9 Å². The molecular formula is C20H34N2O6. The zero-order chi connectivity index (χ0) is 20.4. The molecular weight excluding hydrogens is 364 g/mol. The van der Waals surface area contributed by atoms with E-state index in [4.69, 9.17) is 19.3 Å². The van der Waals surface area contributed by atoms with Crippen molar-refractivity contribution in [3.05, 3.63) is 11.8 Å². The molecule has 0 aromatic carbocycles. The maximum Gasteiger partial charge on any atom is 0.286 e. The summed E-state index contributed by atoms with van der Waals surface area (Å²) in [6.07, 6.45) is 4.36. The number of allylic oxidation sites excluding steroid dienone is 1. The molecule has 8 nitrogen and oxygen atoms in total. The first kappa shape index (κ1) is 22.6. The summed E-state index contributed by atoms with van der Waals surface area (Å²) in [6, 6.07) is 0. The highest BCUT2D eigenvalue weighted by Crippen LogP contribution is 2.28. The van der Waals surface area contributed by atoms with Gasteiger partial charge in [-0.3, -0.25) is 9.59 Å². The minimum Gasteiger partial charge on any atom is -0.459 e. The van der Waals surface area contributed by atoms with Crippen LogP contribution in [-0.2, 0) is 23.8 Å². The maximum atomic E-state index is 12.5. The van der Waals surface area contributed by atoms with Crippen LogP contribution >= 0.6 is 0 Å². The Morgan fingerprint density at radius 3 is 2.89 bits per heavy atom. The van der Waals surface area contributed by atoms with Crippen molar-refractivity contribution in [2.75, 3.05) is 46.1 Å². The summed E-state index contributed by atoms with van der Waals surface area (Å²) in [5, 5.41) is 11.6. The molecule has 0 spiro atoms. The number of aliphatic hydroxyl groups excluding tert-OH is 1. The average molecular weight is 399 g/mol. The van der Waals surface area contributed by atoms with E-state index in [9.17, 15) is 9.59 Å². The van der Waals surface area contributed by atoms with E-state index in [0.717, 1.165) is 19.4 Å². The number of aliphatic hydroxyl groups is 1. The van der Waals surface area contributed by atoms with Gasteiger partial charge in [0.05, 0.1) is 26.4 Å². The van der Waals surface area contributed by atoms with Crippen LogP contribution in [0.1, 0.15) is 39.5 Å². The third kappa shape index (κ3) is 7.41. The summed E-state index contributed by atoms with van der Waals surface area (Å²) in [6.45, 7) is 7.17. The monoisotopic (exact) mass is 398 g/mol. The highest BCUT2D eigenvalue weighted by atomic mass is 16.7. The fourth-order valence-electron chi connectivity index (χ4n) is 3.31. The molecule has 28 heavy (non-hydrogen) atoms. The number of ether oxygens (including phenoxy) is 3. The molecule has 1 saturated heterocycles. The minimum atomic E-state index is -0.488. The summed E-state index contributed by atoms with van der Waals surface area (Å²) in [5.41, 5.74) is 0. The molecule has 0 saturated carbocycles. The normalized spacial score (nSPS) is 22.4. The summed E-state index contributed by atoms with van der Waals surface area (Å²) < 4.78 is 16.6. The second-order valence-corrected chi connectivity index (χ2v) is 7.52. The van der Waals surface area contributed by atoms with Crippen molar-refractivity contribution in [3.8, 4) is 0 Å². The largest absolute Gasteiger partial charge is 0.459 e. The number of hydrogen-bond donors (Lipinski definition) is 2. The molecule has 2 heterocycles. The maximum absolute atomic E-state index is 12.5. The molecule has 0 unspecified atom stereocenters. The third-order valence-electron chi connectivity index (χ3n) is 5.00. The number of carbonyl (C=O) groups is 2. The van der Waals surface area contributed by atoms with E-state index >= 15 is 0 Å². The van der Waals surface area contributed by atoms with Gasteiger partial charge in [0.1, 0.15) is 0 Å². The number of nitrogens with one attached hydrogen (secondary N) is 1. The van der Waals surface area contributed by atoms with Crippen molar-refractivity contribution in [2.24, 2.45) is 11.8 Å². The number of nitrogens with zero attached hydrogens (tertiary/aromatic N) is 1. The van der Waals surface area contributed by atoms with Gasteiger partial charge >= 0.3 is 0 Å². The second kappa shape index (κ2) is 12.0. The Bertz CT molecular complexity index is 537. The van der Waals surface area contributed by atoms with Gasteiger partial charge in [0.15, 0.2) is 5.76 Å². The van der Waals surface area contributed by atoms with Crippen LogP contribution in [0.2, 0.25) is 0 Å². The van der Waals surface area contributed by atoms with E-state index in [1.807, 2.05) is 11.0 Å². The zero-order valence-electron chi connectivity index (χ0n) is 17.0. The van der Waals surface area contributed by atoms with Gasteiger partial charge in [0, 0.05) is 32.5 Å². The van der Waals surface area contributed by atoms with E-state index in [1.165, 1.54) is 0 Å². The smallest absolute Gasteiger partial charge is 0.286 e. The van der Waals surface area contributed by atoms with Crippen LogP contribution in [0.5, 0.6) is 0 Å². The summed E-state index contributed by atoms with van der Waals surface area (Å²) in [7, 11) is 0. The summed E-state index contributed by atoms with van der Waals surface area (Å²) >= 11 is 0. The van der Waals surface area contributed by atoms with Crippen LogP contribution in [-0.4, -0.2) is 74.2 Å². The van der Waals surface area contributed by atoms with Gasteiger partial charge in [-0.1, -0.05) is 13.8 Å². The molecule has 2 atom stereocenters. The predicted molar refractivity (Wildman–Crippen MR) is 103 cm³/mol. The summed E-state index contributed by atoms with van der Waals surface area (Å²) in [4.78, 5) is 25.9. The quantitative estimate of drug-likeness (QED) is 0.477. The lowest BCUT2D eigenvalue weighted by molar-refractivity contribution is -0.155.